The van der Waals surface area contributed by atoms with Gasteiger partial charge in [0.2, 0.25) is 0 Å². The van der Waals surface area contributed by atoms with Crippen molar-refractivity contribution in [1.82, 2.24) is 19.8 Å². The van der Waals surface area contributed by atoms with Gasteiger partial charge in [-0.25, -0.2) is 4.79 Å². The van der Waals surface area contributed by atoms with Crippen molar-refractivity contribution in [2.45, 2.75) is 19.0 Å². The van der Waals surface area contributed by atoms with Gasteiger partial charge in [0.1, 0.15) is 10.7 Å². The summed E-state index contributed by atoms with van der Waals surface area (Å²) in [5, 5.41) is 7.42. The maximum absolute atomic E-state index is 11.1. The van der Waals surface area contributed by atoms with Crippen molar-refractivity contribution < 1.29 is 9.53 Å². The predicted molar refractivity (Wildman–Crippen MR) is 63.5 cm³/mol. The third kappa shape index (κ3) is 3.04. The second-order valence-electron chi connectivity index (χ2n) is 3.94. The first kappa shape index (κ1) is 12.1. The number of nitrogens with two attached hydrogens (primary N) is 1. The van der Waals surface area contributed by atoms with Crippen LogP contribution in [-0.4, -0.2) is 46.8 Å². The highest BCUT2D eigenvalue weighted by Gasteiger charge is 2.25. The van der Waals surface area contributed by atoms with Crippen LogP contribution in [-0.2, 0) is 11.3 Å². The van der Waals surface area contributed by atoms with E-state index in [2.05, 4.69) is 24.5 Å². The van der Waals surface area contributed by atoms with Crippen molar-refractivity contribution in [3.63, 3.8) is 0 Å². The smallest absolute Gasteiger partial charge is 0.407 e. The summed E-state index contributed by atoms with van der Waals surface area (Å²) in [6.07, 6.45) is 0.527. The zero-order chi connectivity index (χ0) is 12.3. The molecule has 1 aliphatic heterocycles. The molecular weight excluding hydrogens is 242 g/mol. The molecule has 0 radical (unpaired) electrons. The number of methoxy groups -OCH3 is 1. The third-order valence-corrected chi connectivity index (χ3v) is 3.33. The average Bonchev–Trinajstić information content (AvgIpc) is 2.90. The molecule has 0 aromatic carbocycles. The SMILES string of the molecule is COC(=O)NC1CCN(Cc2nnsc2N)C1. The second-order valence-corrected chi connectivity index (χ2v) is 4.73. The number of carbonyl (C=O) groups excluding carboxylic acids is 1. The Morgan fingerprint density at radius 1 is 1.76 bits per heavy atom. The summed E-state index contributed by atoms with van der Waals surface area (Å²) in [6.45, 7) is 2.37. The molecule has 17 heavy (non-hydrogen) atoms. The molecule has 1 aliphatic rings. The second kappa shape index (κ2) is 5.28. The predicted octanol–water partition coefficient (Wildman–Crippen LogP) is 0.0506. The van der Waals surface area contributed by atoms with Crippen molar-refractivity contribution in [3.8, 4) is 0 Å². The molecule has 1 aromatic rings. The van der Waals surface area contributed by atoms with E-state index in [4.69, 9.17) is 5.73 Å². The number of hydrogen-bond donors (Lipinski definition) is 2. The molecule has 1 fully saturated rings. The zero-order valence-electron chi connectivity index (χ0n) is 9.55. The van der Waals surface area contributed by atoms with Crippen LogP contribution < -0.4 is 11.1 Å². The first-order valence-corrected chi connectivity index (χ1v) is 6.10. The molecule has 2 rings (SSSR count). The van der Waals surface area contributed by atoms with Crippen LogP contribution in [0.2, 0.25) is 0 Å². The molecular formula is C9H15N5O2S. The van der Waals surface area contributed by atoms with Crippen LogP contribution in [0.15, 0.2) is 0 Å². The maximum Gasteiger partial charge on any atom is 0.407 e. The number of alkyl carbamates (subject to hydrolysis) is 1. The Labute approximate surface area is 103 Å². The van der Waals surface area contributed by atoms with Gasteiger partial charge in [-0.1, -0.05) is 4.49 Å². The molecule has 8 heteroatoms. The van der Waals surface area contributed by atoms with Crippen LogP contribution in [0.4, 0.5) is 9.80 Å². The summed E-state index contributed by atoms with van der Waals surface area (Å²) in [4.78, 5) is 13.2. The molecule has 7 nitrogen and oxygen atoms in total. The fraction of sp³-hybridized carbons (Fsp3) is 0.667. The zero-order valence-corrected chi connectivity index (χ0v) is 10.4. The number of likely N-dealkylation sites (tertiary alicyclic amines) is 1. The van der Waals surface area contributed by atoms with Gasteiger partial charge in [0.15, 0.2) is 0 Å². The van der Waals surface area contributed by atoms with E-state index in [-0.39, 0.29) is 12.1 Å². The Hall–Kier alpha value is -1.41. The Bertz CT molecular complexity index is 396. The largest absolute Gasteiger partial charge is 0.453 e. The van der Waals surface area contributed by atoms with E-state index in [0.29, 0.717) is 11.5 Å². The topological polar surface area (TPSA) is 93.4 Å². The molecule has 2 heterocycles. The fourth-order valence-corrected chi connectivity index (χ4v) is 2.29. The Balaban J connectivity index is 1.82. The van der Waals surface area contributed by atoms with Crippen molar-refractivity contribution in [2.75, 3.05) is 25.9 Å². The summed E-state index contributed by atoms with van der Waals surface area (Å²) >= 11 is 1.20. The lowest BCUT2D eigenvalue weighted by Gasteiger charge is -2.15. The highest BCUT2D eigenvalue weighted by Crippen LogP contribution is 2.18. The van der Waals surface area contributed by atoms with Crippen molar-refractivity contribution in [2.24, 2.45) is 0 Å². The number of hydrogen-bond acceptors (Lipinski definition) is 7. The summed E-state index contributed by atoms with van der Waals surface area (Å²) < 4.78 is 8.36. The fourth-order valence-electron chi connectivity index (χ4n) is 1.86. The first-order valence-electron chi connectivity index (χ1n) is 5.32. The molecule has 0 bridgehead atoms. The van der Waals surface area contributed by atoms with E-state index < -0.39 is 0 Å². The minimum Gasteiger partial charge on any atom is -0.453 e. The van der Waals surface area contributed by atoms with E-state index in [1.165, 1.54) is 18.6 Å². The Morgan fingerprint density at radius 2 is 2.59 bits per heavy atom. The third-order valence-electron chi connectivity index (χ3n) is 2.74. The number of rotatable bonds is 3. The van der Waals surface area contributed by atoms with E-state index in [1.807, 2.05) is 0 Å². The lowest BCUT2D eigenvalue weighted by molar-refractivity contribution is 0.166. The Morgan fingerprint density at radius 3 is 3.24 bits per heavy atom. The number of ether oxygens (including phenoxy) is 1. The summed E-state index contributed by atoms with van der Waals surface area (Å²) in [5.41, 5.74) is 6.55. The molecule has 94 valence electrons. The van der Waals surface area contributed by atoms with Gasteiger partial charge in [-0.15, -0.1) is 5.10 Å². The van der Waals surface area contributed by atoms with Crippen molar-refractivity contribution >= 4 is 22.6 Å². The van der Waals surface area contributed by atoms with Crippen LogP contribution in [0.25, 0.3) is 0 Å². The monoisotopic (exact) mass is 257 g/mol. The number of anilines is 1. The summed E-state index contributed by atoms with van der Waals surface area (Å²) in [5.74, 6) is 0. The number of nitrogen functional groups attached to an aromatic ring is 1. The minimum absolute atomic E-state index is 0.135. The van der Waals surface area contributed by atoms with Gasteiger partial charge >= 0.3 is 6.09 Å². The van der Waals surface area contributed by atoms with Crippen molar-refractivity contribution in [1.29, 1.82) is 0 Å². The lowest BCUT2D eigenvalue weighted by Crippen LogP contribution is -2.36. The standard InChI is InChI=1S/C9H15N5O2S/c1-16-9(15)11-6-2-3-14(4-6)5-7-8(10)17-13-12-7/h6H,2-5,10H2,1H3,(H,11,15). The van der Waals surface area contributed by atoms with E-state index in [1.54, 1.807) is 0 Å². The van der Waals surface area contributed by atoms with Gasteiger partial charge in [0.25, 0.3) is 0 Å². The van der Waals surface area contributed by atoms with Gasteiger partial charge in [0.05, 0.1) is 7.11 Å². The van der Waals surface area contributed by atoms with Crippen LogP contribution in [0.5, 0.6) is 0 Å². The summed E-state index contributed by atoms with van der Waals surface area (Å²) in [7, 11) is 1.36. The quantitative estimate of drug-likeness (QED) is 0.794. The van der Waals surface area contributed by atoms with Gasteiger partial charge in [-0.3, -0.25) is 4.90 Å². The van der Waals surface area contributed by atoms with Gasteiger partial charge in [0, 0.05) is 37.2 Å². The molecule has 0 saturated carbocycles. The molecule has 1 saturated heterocycles. The maximum atomic E-state index is 11.1. The number of amides is 1. The van der Waals surface area contributed by atoms with Crippen LogP contribution in [0.1, 0.15) is 12.1 Å². The van der Waals surface area contributed by atoms with Gasteiger partial charge in [-0.05, 0) is 6.42 Å². The highest BCUT2D eigenvalue weighted by molar-refractivity contribution is 7.09. The summed E-state index contributed by atoms with van der Waals surface area (Å²) in [6, 6.07) is 0.135. The molecule has 3 N–H and O–H groups in total. The molecule has 1 atom stereocenters. The number of nitrogens with zero attached hydrogens (tertiary/aromatic N) is 3. The van der Waals surface area contributed by atoms with E-state index >= 15 is 0 Å². The van der Waals surface area contributed by atoms with Crippen molar-refractivity contribution in [3.05, 3.63) is 5.69 Å². The molecule has 0 spiro atoms. The molecule has 0 aliphatic carbocycles. The van der Waals surface area contributed by atoms with Crippen LogP contribution >= 0.6 is 11.5 Å². The minimum atomic E-state index is -0.383. The van der Waals surface area contributed by atoms with E-state index in [9.17, 15) is 4.79 Å². The lowest BCUT2D eigenvalue weighted by atomic mass is 10.3. The first-order chi connectivity index (χ1) is 8.19. The highest BCUT2D eigenvalue weighted by atomic mass is 32.1. The Kier molecular flexibility index (Phi) is 3.75. The van der Waals surface area contributed by atoms with Gasteiger partial charge in [-0.2, -0.15) is 0 Å². The normalized spacial score (nSPS) is 20.4. The van der Waals surface area contributed by atoms with Crippen LogP contribution in [0.3, 0.4) is 0 Å². The number of aromatic nitrogens is 2. The van der Waals surface area contributed by atoms with E-state index in [0.717, 1.165) is 25.2 Å². The molecule has 1 unspecified atom stereocenters. The molecule has 1 amide bonds. The number of carbonyl (C=O) groups is 1. The number of nitrogens with one attached hydrogen (secondary N) is 1. The average molecular weight is 257 g/mol. The molecule has 1 aromatic heterocycles. The van der Waals surface area contributed by atoms with Crippen LogP contribution in [0, 0.1) is 0 Å². The van der Waals surface area contributed by atoms with Gasteiger partial charge < -0.3 is 15.8 Å².